The van der Waals surface area contributed by atoms with Crippen LogP contribution in [0.5, 0.6) is 5.75 Å². The van der Waals surface area contributed by atoms with Crippen molar-refractivity contribution >= 4 is 34.2 Å². The Bertz CT molecular complexity index is 1050. The lowest BCUT2D eigenvalue weighted by molar-refractivity contribution is 0.265. The molecule has 0 amide bonds. The number of nitrogens with zero attached hydrogens (tertiary/aromatic N) is 3. The smallest absolute Gasteiger partial charge is 0.202 e. The van der Waals surface area contributed by atoms with Crippen molar-refractivity contribution in [1.82, 2.24) is 14.0 Å². The quantitative estimate of drug-likeness (QED) is 0.248. The largest absolute Gasteiger partial charge is 0.492 e. The van der Waals surface area contributed by atoms with Gasteiger partial charge in [-0.3, -0.25) is 5.41 Å². The molecule has 0 saturated heterocycles. The van der Waals surface area contributed by atoms with Crippen molar-refractivity contribution in [2.45, 2.75) is 66.5 Å². The molecular formula is C27H40Cl2N4O. The summed E-state index contributed by atoms with van der Waals surface area (Å²) in [5.74, 6) is 0.637. The minimum Gasteiger partial charge on any atom is -0.492 e. The molecular weight excluding hydrogens is 467 g/mol. The lowest BCUT2D eigenvalue weighted by Crippen LogP contribution is -2.29. The first-order valence-electron chi connectivity index (χ1n) is 12.6. The highest BCUT2D eigenvalue weighted by molar-refractivity contribution is 6.35. The zero-order valence-corrected chi connectivity index (χ0v) is 22.6. The van der Waals surface area contributed by atoms with Crippen LogP contribution in [0.1, 0.15) is 53.4 Å². The number of aryl methyl sites for hydroxylation is 2. The van der Waals surface area contributed by atoms with Crippen molar-refractivity contribution in [3.8, 4) is 5.75 Å². The molecule has 0 aliphatic heterocycles. The van der Waals surface area contributed by atoms with Crippen molar-refractivity contribution in [2.24, 2.45) is 0 Å². The second kappa shape index (κ2) is 15.1. The highest BCUT2D eigenvalue weighted by Gasteiger charge is 2.11. The summed E-state index contributed by atoms with van der Waals surface area (Å²) in [5.41, 5.74) is 2.77. The maximum absolute atomic E-state index is 8.82. The van der Waals surface area contributed by atoms with Gasteiger partial charge in [0.1, 0.15) is 5.75 Å². The molecule has 0 saturated carbocycles. The van der Waals surface area contributed by atoms with Crippen LogP contribution in [-0.4, -0.2) is 40.3 Å². The van der Waals surface area contributed by atoms with Gasteiger partial charge in [0.05, 0.1) is 22.7 Å². The molecule has 7 heteroatoms. The molecule has 0 bridgehead atoms. The van der Waals surface area contributed by atoms with Crippen LogP contribution >= 0.6 is 23.2 Å². The van der Waals surface area contributed by atoms with Crippen LogP contribution in [-0.2, 0) is 13.1 Å². The molecule has 3 aromatic rings. The monoisotopic (exact) mass is 506 g/mol. The van der Waals surface area contributed by atoms with Gasteiger partial charge >= 0.3 is 0 Å². The lowest BCUT2D eigenvalue weighted by Gasteiger charge is -2.20. The Balaban J connectivity index is 0.00000199. The van der Waals surface area contributed by atoms with Crippen molar-refractivity contribution in [2.75, 3.05) is 26.2 Å². The van der Waals surface area contributed by atoms with Crippen LogP contribution < -0.4 is 10.4 Å². The highest BCUT2D eigenvalue weighted by Crippen LogP contribution is 2.27. The van der Waals surface area contributed by atoms with E-state index < -0.39 is 0 Å². The van der Waals surface area contributed by atoms with Crippen molar-refractivity contribution in [1.29, 1.82) is 5.41 Å². The second-order valence-electron chi connectivity index (χ2n) is 8.09. The number of nitrogens with one attached hydrogen (secondary N) is 1. The van der Waals surface area contributed by atoms with Crippen LogP contribution in [0.25, 0.3) is 11.0 Å². The van der Waals surface area contributed by atoms with E-state index in [0.29, 0.717) is 28.0 Å². The maximum atomic E-state index is 8.82. The minimum atomic E-state index is 0.517. The molecule has 0 aliphatic rings. The molecule has 0 fully saturated rings. The molecule has 0 spiro atoms. The van der Waals surface area contributed by atoms with Gasteiger partial charge in [-0.15, -0.1) is 0 Å². The average molecular weight is 508 g/mol. The van der Waals surface area contributed by atoms with Gasteiger partial charge in [0.15, 0.2) is 0 Å². The fourth-order valence-corrected chi connectivity index (χ4v) is 4.63. The SMILES string of the molecule is CC.CCCN(CCC)CCCn1c(=N)n(CCCOc2ccc(Cl)cc2Cl)c2ccccc21. The van der Waals surface area contributed by atoms with E-state index in [1.165, 1.54) is 12.8 Å². The minimum absolute atomic E-state index is 0.517. The summed E-state index contributed by atoms with van der Waals surface area (Å²) < 4.78 is 10.1. The van der Waals surface area contributed by atoms with E-state index in [1.54, 1.807) is 18.2 Å². The van der Waals surface area contributed by atoms with Gasteiger partial charge in [0.25, 0.3) is 0 Å². The number of halogens is 2. The molecule has 188 valence electrons. The Kier molecular flexibility index (Phi) is 12.6. The Morgan fingerprint density at radius 1 is 0.853 bits per heavy atom. The normalized spacial score (nSPS) is 11.0. The summed E-state index contributed by atoms with van der Waals surface area (Å²) in [6.45, 7) is 13.9. The van der Waals surface area contributed by atoms with Gasteiger partial charge in [-0.2, -0.15) is 0 Å². The Morgan fingerprint density at radius 3 is 2.00 bits per heavy atom. The van der Waals surface area contributed by atoms with Crippen LogP contribution in [0.15, 0.2) is 42.5 Å². The summed E-state index contributed by atoms with van der Waals surface area (Å²) in [4.78, 5) is 2.53. The molecule has 0 radical (unpaired) electrons. The van der Waals surface area contributed by atoms with Gasteiger partial charge in [-0.05, 0) is 75.6 Å². The predicted molar refractivity (Wildman–Crippen MR) is 145 cm³/mol. The topological polar surface area (TPSA) is 46.2 Å². The van der Waals surface area contributed by atoms with E-state index in [9.17, 15) is 0 Å². The first-order valence-corrected chi connectivity index (χ1v) is 13.3. The van der Waals surface area contributed by atoms with E-state index >= 15 is 0 Å². The molecule has 1 aromatic heterocycles. The molecule has 3 rings (SSSR count). The number of imidazole rings is 1. The fraction of sp³-hybridized carbons (Fsp3) is 0.519. The van der Waals surface area contributed by atoms with Gasteiger partial charge in [-0.1, -0.05) is 63.0 Å². The summed E-state index contributed by atoms with van der Waals surface area (Å²) in [5, 5.41) is 9.93. The molecule has 1 heterocycles. The summed E-state index contributed by atoms with van der Waals surface area (Å²) in [7, 11) is 0. The number of para-hydroxylation sites is 2. The van der Waals surface area contributed by atoms with Crippen LogP contribution in [0.3, 0.4) is 0 Å². The highest BCUT2D eigenvalue weighted by atomic mass is 35.5. The second-order valence-corrected chi connectivity index (χ2v) is 8.93. The van der Waals surface area contributed by atoms with Crippen LogP contribution in [0.2, 0.25) is 10.0 Å². The summed E-state index contributed by atoms with van der Waals surface area (Å²) in [6.07, 6.45) is 4.19. The first kappa shape index (κ1) is 28.3. The van der Waals surface area contributed by atoms with Crippen molar-refractivity contribution < 1.29 is 4.74 Å². The number of hydrogen-bond donors (Lipinski definition) is 1. The van der Waals surface area contributed by atoms with E-state index in [2.05, 4.69) is 46.1 Å². The lowest BCUT2D eigenvalue weighted by atomic mass is 10.3. The van der Waals surface area contributed by atoms with Gasteiger partial charge in [-0.25, -0.2) is 0 Å². The van der Waals surface area contributed by atoms with Gasteiger partial charge in [0.2, 0.25) is 5.62 Å². The summed E-state index contributed by atoms with van der Waals surface area (Å²) in [6, 6.07) is 13.6. The molecule has 0 unspecified atom stereocenters. The van der Waals surface area contributed by atoms with Crippen molar-refractivity contribution in [3.05, 3.63) is 58.1 Å². The Labute approximate surface area is 214 Å². The van der Waals surface area contributed by atoms with E-state index in [-0.39, 0.29) is 0 Å². The van der Waals surface area contributed by atoms with Gasteiger partial charge in [0, 0.05) is 18.1 Å². The first-order chi connectivity index (χ1) is 16.5. The standard InChI is InChI=1S/C25H34Cl2N4O.C2H6/c1-3-13-29(14-4-2)15-7-16-30-22-9-5-6-10-23(22)31(25(30)28)17-8-18-32-24-12-11-20(26)19-21(24)27;1-2/h5-6,9-12,19,28H,3-4,7-8,13-18H2,1-2H3;1-2H3. The fourth-order valence-electron chi connectivity index (χ4n) is 4.16. The molecule has 1 N–H and O–H groups in total. The van der Waals surface area contributed by atoms with E-state index in [0.717, 1.165) is 56.6 Å². The third-order valence-corrected chi connectivity index (χ3v) is 6.12. The van der Waals surface area contributed by atoms with Crippen molar-refractivity contribution in [3.63, 3.8) is 0 Å². The maximum Gasteiger partial charge on any atom is 0.202 e. The van der Waals surface area contributed by atoms with Gasteiger partial charge < -0.3 is 18.8 Å². The van der Waals surface area contributed by atoms with Crippen LogP contribution in [0, 0.1) is 5.41 Å². The molecule has 34 heavy (non-hydrogen) atoms. The summed E-state index contributed by atoms with van der Waals surface area (Å²) >= 11 is 12.1. The molecule has 5 nitrogen and oxygen atoms in total. The number of aromatic nitrogens is 2. The average Bonchev–Trinajstić information content (AvgIpc) is 3.10. The number of rotatable bonds is 13. The molecule has 0 aliphatic carbocycles. The Morgan fingerprint density at radius 2 is 1.44 bits per heavy atom. The molecule has 0 atom stereocenters. The van der Waals surface area contributed by atoms with E-state index in [1.807, 2.05) is 19.9 Å². The predicted octanol–water partition coefficient (Wildman–Crippen LogP) is 7.24. The van der Waals surface area contributed by atoms with E-state index in [4.69, 9.17) is 33.3 Å². The zero-order chi connectivity index (χ0) is 24.9. The zero-order valence-electron chi connectivity index (χ0n) is 21.1. The number of ether oxygens (including phenoxy) is 1. The number of hydrogen-bond acceptors (Lipinski definition) is 3. The number of benzene rings is 2. The third kappa shape index (κ3) is 7.79. The molecule has 2 aromatic carbocycles. The van der Waals surface area contributed by atoms with Crippen LogP contribution in [0.4, 0.5) is 0 Å². The Hall–Kier alpha value is -1.95. The number of fused-ring (bicyclic) bond motifs is 1. The third-order valence-electron chi connectivity index (χ3n) is 5.59.